The van der Waals surface area contributed by atoms with Crippen molar-refractivity contribution in [2.45, 2.75) is 45.1 Å². The van der Waals surface area contributed by atoms with E-state index in [1.165, 1.54) is 28.4 Å². The van der Waals surface area contributed by atoms with Crippen LogP contribution in [0.3, 0.4) is 0 Å². The summed E-state index contributed by atoms with van der Waals surface area (Å²) in [6.07, 6.45) is 6.51. The van der Waals surface area contributed by atoms with Gasteiger partial charge in [-0.2, -0.15) is 4.57 Å². The van der Waals surface area contributed by atoms with E-state index in [1.807, 2.05) is 24.5 Å². The predicted octanol–water partition coefficient (Wildman–Crippen LogP) is -1.24. The van der Waals surface area contributed by atoms with E-state index in [1.54, 1.807) is 0 Å². The summed E-state index contributed by atoms with van der Waals surface area (Å²) in [4.78, 5) is 10.1. The number of nitrogen functional groups attached to an aromatic ring is 1. The molecule has 7 heteroatoms. The Morgan fingerprint density at radius 3 is 2.87 bits per heavy atom. The van der Waals surface area contributed by atoms with Crippen LogP contribution < -0.4 is 22.7 Å². The first kappa shape index (κ1) is 16.6. The van der Waals surface area contributed by atoms with Crippen molar-refractivity contribution in [2.75, 3.05) is 18.9 Å². The summed E-state index contributed by atoms with van der Waals surface area (Å²) in [5.74, 6) is 2.06. The van der Waals surface area contributed by atoms with Crippen molar-refractivity contribution in [1.82, 2.24) is 9.97 Å². The Balaban J connectivity index is 0.00000156. The number of hydrogen-bond acceptors (Lipinski definition) is 5. The molecule has 4 rings (SSSR count). The minimum Gasteiger partial charge on any atom is -1.00 e. The quantitative estimate of drug-likeness (QED) is 0.702. The van der Waals surface area contributed by atoms with Gasteiger partial charge in [0.15, 0.2) is 12.2 Å². The van der Waals surface area contributed by atoms with Crippen LogP contribution >= 0.6 is 11.3 Å². The zero-order chi connectivity index (χ0) is 15.1. The Morgan fingerprint density at radius 2 is 2.13 bits per heavy atom. The van der Waals surface area contributed by atoms with Gasteiger partial charge in [-0.1, -0.05) is 11.3 Å². The molecule has 2 N–H and O–H groups in total. The first-order valence-electron chi connectivity index (χ1n) is 7.92. The van der Waals surface area contributed by atoms with Gasteiger partial charge in [-0.15, -0.1) is 0 Å². The van der Waals surface area contributed by atoms with Crippen molar-refractivity contribution in [3.05, 3.63) is 33.2 Å². The lowest BCUT2D eigenvalue weighted by atomic mass is 10.2. The van der Waals surface area contributed by atoms with Gasteiger partial charge in [-0.25, -0.2) is 9.97 Å². The average Bonchev–Trinajstić information content (AvgIpc) is 3.22. The molecule has 0 amide bonds. The Hall–Kier alpha value is -1.24. The van der Waals surface area contributed by atoms with Crippen LogP contribution in [0.4, 0.5) is 5.82 Å². The number of anilines is 1. The van der Waals surface area contributed by atoms with E-state index in [2.05, 4.69) is 14.5 Å². The van der Waals surface area contributed by atoms with Crippen LogP contribution in [0.25, 0.3) is 0 Å². The summed E-state index contributed by atoms with van der Waals surface area (Å²) in [6.45, 7) is 4.31. The second-order valence-electron chi connectivity index (χ2n) is 6.10. The third kappa shape index (κ3) is 3.34. The molecule has 5 nitrogen and oxygen atoms in total. The molecule has 1 saturated carbocycles. The van der Waals surface area contributed by atoms with E-state index in [4.69, 9.17) is 10.5 Å². The van der Waals surface area contributed by atoms with Gasteiger partial charge in [0.1, 0.15) is 11.6 Å². The zero-order valence-electron chi connectivity index (χ0n) is 13.2. The van der Waals surface area contributed by atoms with Gasteiger partial charge in [-0.3, -0.25) is 0 Å². The molecule has 0 aromatic carbocycles. The van der Waals surface area contributed by atoms with E-state index >= 15 is 0 Å². The standard InChI is InChI=1S/C16H21N4OS.ClH/c1-10-18-8-12(16(17)19-10)9-20-14-5-7-21-6-4-13(22-14)15(20)11-2-3-11;/h8,11H,2-7,9H2,1H3,(H2,17,18,19);1H/q+1;/p-1. The minimum atomic E-state index is 0. The number of halogens is 1. The molecule has 0 atom stereocenters. The first-order valence-corrected chi connectivity index (χ1v) is 8.74. The molecule has 2 aromatic rings. The molecule has 23 heavy (non-hydrogen) atoms. The fourth-order valence-electron chi connectivity index (χ4n) is 3.11. The molecule has 2 bridgehead atoms. The number of ether oxygens (including phenoxy) is 1. The van der Waals surface area contributed by atoms with Crippen molar-refractivity contribution in [1.29, 1.82) is 0 Å². The highest BCUT2D eigenvalue weighted by atomic mass is 35.5. The SMILES string of the molecule is Cc1ncc(C[n+]2c3sc(c2C2CC2)CCOCC3)c(N)n1.[Cl-]. The van der Waals surface area contributed by atoms with Gasteiger partial charge in [0.05, 0.1) is 30.1 Å². The molecule has 0 saturated heterocycles. The highest BCUT2D eigenvalue weighted by Crippen LogP contribution is 2.42. The van der Waals surface area contributed by atoms with Gasteiger partial charge < -0.3 is 22.9 Å². The van der Waals surface area contributed by atoms with Gasteiger partial charge in [-0.05, 0) is 19.8 Å². The van der Waals surface area contributed by atoms with E-state index in [0.717, 1.165) is 49.9 Å². The molecule has 1 aliphatic carbocycles. The van der Waals surface area contributed by atoms with Crippen LogP contribution in [0.2, 0.25) is 0 Å². The van der Waals surface area contributed by atoms with Crippen LogP contribution in [0.1, 0.15) is 45.7 Å². The fourth-order valence-corrected chi connectivity index (χ4v) is 4.42. The number of thiazole rings is 1. The van der Waals surface area contributed by atoms with Crippen molar-refractivity contribution in [3.63, 3.8) is 0 Å². The predicted molar refractivity (Wildman–Crippen MR) is 85.0 cm³/mol. The van der Waals surface area contributed by atoms with Crippen LogP contribution in [0, 0.1) is 6.92 Å². The summed E-state index contributed by atoms with van der Waals surface area (Å²) >= 11 is 1.96. The Morgan fingerprint density at radius 1 is 1.35 bits per heavy atom. The molecule has 0 unspecified atom stereocenters. The van der Waals surface area contributed by atoms with Crippen LogP contribution in [-0.4, -0.2) is 23.2 Å². The smallest absolute Gasteiger partial charge is 0.240 e. The average molecular weight is 353 g/mol. The maximum absolute atomic E-state index is 6.10. The summed E-state index contributed by atoms with van der Waals surface area (Å²) in [5.41, 5.74) is 8.64. The van der Waals surface area contributed by atoms with Crippen LogP contribution in [0.5, 0.6) is 0 Å². The van der Waals surface area contributed by atoms with Gasteiger partial charge >= 0.3 is 0 Å². The summed E-state index contributed by atoms with van der Waals surface area (Å²) in [6, 6.07) is 0. The van der Waals surface area contributed by atoms with Gasteiger partial charge in [0.2, 0.25) is 5.01 Å². The maximum Gasteiger partial charge on any atom is 0.240 e. The Kier molecular flexibility index (Phi) is 4.85. The second kappa shape index (κ2) is 6.71. The molecule has 1 aliphatic heterocycles. The first-order chi connectivity index (χ1) is 10.7. The molecule has 3 heterocycles. The summed E-state index contributed by atoms with van der Waals surface area (Å²) in [7, 11) is 0. The summed E-state index contributed by atoms with van der Waals surface area (Å²) in [5, 5.41) is 1.40. The second-order valence-corrected chi connectivity index (χ2v) is 7.27. The molecular formula is C16H21ClN4OS. The number of nitrogens with two attached hydrogens (primary N) is 1. The largest absolute Gasteiger partial charge is 1.00 e. The lowest BCUT2D eigenvalue weighted by Crippen LogP contribution is -3.00. The number of nitrogens with zero attached hydrogens (tertiary/aromatic N) is 3. The van der Waals surface area contributed by atoms with E-state index in [9.17, 15) is 0 Å². The van der Waals surface area contributed by atoms with E-state index < -0.39 is 0 Å². The van der Waals surface area contributed by atoms with Crippen molar-refractivity contribution >= 4 is 17.2 Å². The summed E-state index contributed by atoms with van der Waals surface area (Å²) < 4.78 is 8.17. The molecule has 124 valence electrons. The van der Waals surface area contributed by atoms with E-state index in [0.29, 0.717) is 5.82 Å². The van der Waals surface area contributed by atoms with Crippen molar-refractivity contribution in [3.8, 4) is 0 Å². The van der Waals surface area contributed by atoms with Gasteiger partial charge in [0.25, 0.3) is 0 Å². The zero-order valence-corrected chi connectivity index (χ0v) is 14.8. The fraction of sp³-hybridized carbons (Fsp3) is 0.562. The number of hydrogen-bond donors (Lipinski definition) is 1. The molecule has 2 aromatic heterocycles. The normalized spacial score (nSPS) is 17.3. The van der Waals surface area contributed by atoms with E-state index in [-0.39, 0.29) is 12.4 Å². The number of rotatable bonds is 3. The lowest BCUT2D eigenvalue weighted by Gasteiger charge is -2.05. The number of fused-ring (bicyclic) bond motifs is 2. The lowest BCUT2D eigenvalue weighted by molar-refractivity contribution is -0.698. The Labute approximate surface area is 146 Å². The van der Waals surface area contributed by atoms with Crippen LogP contribution in [-0.2, 0) is 24.1 Å². The van der Waals surface area contributed by atoms with Gasteiger partial charge in [0, 0.05) is 18.5 Å². The third-order valence-electron chi connectivity index (χ3n) is 4.36. The number of aromatic nitrogens is 3. The monoisotopic (exact) mass is 352 g/mol. The maximum atomic E-state index is 6.10. The highest BCUT2D eigenvalue weighted by Gasteiger charge is 2.39. The molecule has 0 radical (unpaired) electrons. The molecule has 1 fully saturated rings. The molecule has 0 spiro atoms. The molecule has 2 aliphatic rings. The van der Waals surface area contributed by atoms with Crippen molar-refractivity contribution in [2.24, 2.45) is 0 Å². The third-order valence-corrected chi connectivity index (χ3v) is 5.68. The van der Waals surface area contributed by atoms with Crippen molar-refractivity contribution < 1.29 is 21.7 Å². The highest BCUT2D eigenvalue weighted by molar-refractivity contribution is 7.11. The number of aryl methyl sites for hydroxylation is 1. The molecular weight excluding hydrogens is 332 g/mol. The topological polar surface area (TPSA) is 64.9 Å². The van der Waals surface area contributed by atoms with Crippen LogP contribution in [0.15, 0.2) is 6.20 Å². The minimum absolute atomic E-state index is 0. The Bertz CT molecular complexity index is 714.